The number of hydrogen-bond acceptors (Lipinski definition) is 3. The Balaban J connectivity index is 1.76. The molecular weight excluding hydrogens is 329 g/mol. The highest BCUT2D eigenvalue weighted by molar-refractivity contribution is 5.79. The average Bonchev–Trinajstić information content (AvgIpc) is 2.79. The van der Waals surface area contributed by atoms with Crippen molar-refractivity contribution in [3.8, 4) is 11.8 Å². The Bertz CT molecular complexity index is 1090. The SMILES string of the molecule is C[C@@]1(F)CCc2nc3cc(C#Cc4ccccn4)ccc3c(=O)n2CC1. The molecule has 5 heteroatoms. The fourth-order valence-corrected chi connectivity index (χ4v) is 3.18. The molecule has 1 aliphatic heterocycles. The summed E-state index contributed by atoms with van der Waals surface area (Å²) in [4.78, 5) is 21.6. The van der Waals surface area contributed by atoms with Gasteiger partial charge in [0.25, 0.3) is 5.56 Å². The summed E-state index contributed by atoms with van der Waals surface area (Å²) in [6.07, 6.45) is 2.87. The molecule has 3 heterocycles. The van der Waals surface area contributed by atoms with Gasteiger partial charge in [-0.25, -0.2) is 14.4 Å². The van der Waals surface area contributed by atoms with Crippen LogP contribution in [-0.4, -0.2) is 20.2 Å². The maximum absolute atomic E-state index is 14.3. The minimum absolute atomic E-state index is 0.105. The minimum atomic E-state index is -1.26. The van der Waals surface area contributed by atoms with E-state index in [-0.39, 0.29) is 5.56 Å². The summed E-state index contributed by atoms with van der Waals surface area (Å²) in [7, 11) is 0. The van der Waals surface area contributed by atoms with E-state index in [4.69, 9.17) is 0 Å². The molecule has 0 aliphatic carbocycles. The Kier molecular flexibility index (Phi) is 4.04. The molecule has 0 unspecified atom stereocenters. The lowest BCUT2D eigenvalue weighted by Gasteiger charge is -2.15. The number of aryl methyl sites for hydroxylation is 1. The molecule has 0 fully saturated rings. The first-order valence-electron chi connectivity index (χ1n) is 8.67. The van der Waals surface area contributed by atoms with Crippen molar-refractivity contribution >= 4 is 10.9 Å². The number of hydrogen-bond donors (Lipinski definition) is 0. The van der Waals surface area contributed by atoms with Crippen LogP contribution in [0.5, 0.6) is 0 Å². The van der Waals surface area contributed by atoms with Crippen molar-refractivity contribution in [1.82, 2.24) is 14.5 Å². The van der Waals surface area contributed by atoms with E-state index >= 15 is 0 Å². The van der Waals surface area contributed by atoms with Crippen LogP contribution in [0.1, 0.15) is 36.8 Å². The molecule has 3 aromatic rings. The second-order valence-corrected chi connectivity index (χ2v) is 6.85. The van der Waals surface area contributed by atoms with Crippen LogP contribution in [0.3, 0.4) is 0 Å². The normalized spacial score (nSPS) is 19.3. The van der Waals surface area contributed by atoms with Gasteiger partial charge in [-0.15, -0.1) is 0 Å². The smallest absolute Gasteiger partial charge is 0.261 e. The number of benzene rings is 1. The van der Waals surface area contributed by atoms with Gasteiger partial charge in [-0.1, -0.05) is 12.0 Å². The third-order valence-electron chi connectivity index (χ3n) is 4.76. The van der Waals surface area contributed by atoms with Crippen molar-refractivity contribution in [3.05, 3.63) is 70.0 Å². The molecule has 1 aromatic carbocycles. The summed E-state index contributed by atoms with van der Waals surface area (Å²) in [6, 6.07) is 10.9. The van der Waals surface area contributed by atoms with E-state index in [1.165, 1.54) is 0 Å². The van der Waals surface area contributed by atoms with Gasteiger partial charge >= 0.3 is 0 Å². The Hall–Kier alpha value is -3.00. The van der Waals surface area contributed by atoms with Crippen molar-refractivity contribution in [2.75, 3.05) is 0 Å². The number of nitrogens with zero attached hydrogens (tertiary/aromatic N) is 3. The van der Waals surface area contributed by atoms with Gasteiger partial charge in [-0.05, 0) is 56.0 Å². The highest BCUT2D eigenvalue weighted by Crippen LogP contribution is 2.26. The largest absolute Gasteiger partial charge is 0.296 e. The van der Waals surface area contributed by atoms with Crippen LogP contribution in [-0.2, 0) is 13.0 Å². The van der Waals surface area contributed by atoms with Gasteiger partial charge in [0.05, 0.1) is 10.9 Å². The molecule has 2 aromatic heterocycles. The van der Waals surface area contributed by atoms with E-state index in [1.54, 1.807) is 23.8 Å². The first-order chi connectivity index (χ1) is 12.5. The molecule has 0 saturated carbocycles. The lowest BCUT2D eigenvalue weighted by molar-refractivity contribution is 0.162. The van der Waals surface area contributed by atoms with Gasteiger partial charge in [-0.2, -0.15) is 0 Å². The maximum atomic E-state index is 14.3. The molecule has 130 valence electrons. The minimum Gasteiger partial charge on any atom is -0.296 e. The molecule has 0 saturated heterocycles. The third-order valence-corrected chi connectivity index (χ3v) is 4.76. The van der Waals surface area contributed by atoms with E-state index in [2.05, 4.69) is 21.8 Å². The Morgan fingerprint density at radius 1 is 1.19 bits per heavy atom. The lowest BCUT2D eigenvalue weighted by Crippen LogP contribution is -2.25. The molecule has 0 amide bonds. The number of aromatic nitrogens is 3. The molecule has 0 spiro atoms. The van der Waals surface area contributed by atoms with Crippen LogP contribution in [0, 0.1) is 11.8 Å². The van der Waals surface area contributed by atoms with E-state index in [1.807, 2.05) is 30.3 Å². The van der Waals surface area contributed by atoms with Crippen molar-refractivity contribution < 1.29 is 4.39 Å². The van der Waals surface area contributed by atoms with Gasteiger partial charge in [0, 0.05) is 24.7 Å². The topological polar surface area (TPSA) is 47.8 Å². The zero-order valence-corrected chi connectivity index (χ0v) is 14.5. The van der Waals surface area contributed by atoms with E-state index in [0.29, 0.717) is 48.2 Å². The fourth-order valence-electron chi connectivity index (χ4n) is 3.18. The quantitative estimate of drug-likeness (QED) is 0.587. The van der Waals surface area contributed by atoms with Gasteiger partial charge in [0.2, 0.25) is 0 Å². The van der Waals surface area contributed by atoms with Crippen LogP contribution in [0.4, 0.5) is 4.39 Å². The van der Waals surface area contributed by atoms with Crippen LogP contribution in [0.25, 0.3) is 10.9 Å². The summed E-state index contributed by atoms with van der Waals surface area (Å²) in [6.45, 7) is 1.96. The summed E-state index contributed by atoms with van der Waals surface area (Å²) in [5.41, 5.74) is 0.697. The fraction of sp³-hybridized carbons (Fsp3) is 0.286. The Labute approximate surface area is 150 Å². The van der Waals surface area contributed by atoms with E-state index in [0.717, 1.165) is 5.56 Å². The first-order valence-corrected chi connectivity index (χ1v) is 8.67. The van der Waals surface area contributed by atoms with Crippen molar-refractivity contribution in [3.63, 3.8) is 0 Å². The molecule has 26 heavy (non-hydrogen) atoms. The third kappa shape index (κ3) is 3.23. The number of pyridine rings is 1. The number of alkyl halides is 1. The van der Waals surface area contributed by atoms with Crippen LogP contribution < -0.4 is 5.56 Å². The average molecular weight is 347 g/mol. The standard InChI is InChI=1S/C21H18FN3O/c1-21(22)10-9-19-24-18-14-15(5-7-16-4-2-3-12-23-16)6-8-17(18)20(26)25(19)13-11-21/h2-4,6,8,12,14H,9-11,13H2,1H3/t21-/m1/s1. The number of fused-ring (bicyclic) bond motifs is 2. The summed E-state index contributed by atoms with van der Waals surface area (Å²) in [5.74, 6) is 6.71. The second-order valence-electron chi connectivity index (χ2n) is 6.85. The monoisotopic (exact) mass is 347 g/mol. The molecular formula is C21H18FN3O. The van der Waals surface area contributed by atoms with Crippen molar-refractivity contribution in [2.45, 2.75) is 38.4 Å². The molecule has 4 nitrogen and oxygen atoms in total. The molecule has 4 rings (SSSR count). The molecule has 1 aliphatic rings. The molecule has 0 bridgehead atoms. The second kappa shape index (κ2) is 6.38. The molecule has 1 atom stereocenters. The summed E-state index contributed by atoms with van der Waals surface area (Å²) >= 11 is 0. The summed E-state index contributed by atoms with van der Waals surface area (Å²) < 4.78 is 16.0. The zero-order chi connectivity index (χ0) is 18.1. The van der Waals surface area contributed by atoms with Gasteiger partial charge in [-0.3, -0.25) is 9.36 Å². The Morgan fingerprint density at radius 2 is 2.08 bits per heavy atom. The number of rotatable bonds is 0. The summed E-state index contributed by atoms with van der Waals surface area (Å²) in [5, 5.41) is 0.541. The van der Waals surface area contributed by atoms with E-state index in [9.17, 15) is 9.18 Å². The van der Waals surface area contributed by atoms with Crippen LogP contribution >= 0.6 is 0 Å². The first kappa shape index (κ1) is 16.5. The Morgan fingerprint density at radius 3 is 2.88 bits per heavy atom. The van der Waals surface area contributed by atoms with Crippen LogP contribution in [0.2, 0.25) is 0 Å². The highest BCUT2D eigenvalue weighted by atomic mass is 19.1. The van der Waals surface area contributed by atoms with E-state index < -0.39 is 5.67 Å². The lowest BCUT2D eigenvalue weighted by atomic mass is 10.00. The van der Waals surface area contributed by atoms with Crippen LogP contribution in [0.15, 0.2) is 47.4 Å². The van der Waals surface area contributed by atoms with Gasteiger partial charge < -0.3 is 0 Å². The molecule has 0 N–H and O–H groups in total. The highest BCUT2D eigenvalue weighted by Gasteiger charge is 2.28. The van der Waals surface area contributed by atoms with Crippen molar-refractivity contribution in [2.24, 2.45) is 0 Å². The van der Waals surface area contributed by atoms with Gasteiger partial charge in [0.15, 0.2) is 0 Å². The van der Waals surface area contributed by atoms with Crippen molar-refractivity contribution in [1.29, 1.82) is 0 Å². The predicted octanol–water partition coefficient (Wildman–Crippen LogP) is 3.26. The van der Waals surface area contributed by atoms with Gasteiger partial charge in [0.1, 0.15) is 17.2 Å². The molecule has 0 radical (unpaired) electrons. The zero-order valence-electron chi connectivity index (χ0n) is 14.5. The predicted molar refractivity (Wildman–Crippen MR) is 98.7 cm³/mol. The number of halogens is 1. The maximum Gasteiger partial charge on any atom is 0.261 e.